The van der Waals surface area contributed by atoms with Gasteiger partial charge in [-0.1, -0.05) is 37.6 Å². The molecule has 0 amide bonds. The van der Waals surface area contributed by atoms with Crippen molar-refractivity contribution in [3.8, 4) is 0 Å². The smallest absolute Gasteiger partial charge is 0.142 e. The van der Waals surface area contributed by atoms with Gasteiger partial charge in [-0.3, -0.25) is 0 Å². The summed E-state index contributed by atoms with van der Waals surface area (Å²) >= 11 is 5.83. The summed E-state index contributed by atoms with van der Waals surface area (Å²) in [4.78, 5) is 0. The van der Waals surface area contributed by atoms with Gasteiger partial charge in [-0.15, -0.1) is 0 Å². The molecule has 0 spiro atoms. The average molecular weight is 202 g/mol. The van der Waals surface area contributed by atoms with Crippen molar-refractivity contribution >= 4 is 11.6 Å². The van der Waals surface area contributed by atoms with Crippen LogP contribution < -0.4 is 5.73 Å². The normalized spacial score (nSPS) is 11.8. The summed E-state index contributed by atoms with van der Waals surface area (Å²) in [6, 6.07) is 4.80. The number of nitrogens with two attached hydrogens (primary N) is 1. The summed E-state index contributed by atoms with van der Waals surface area (Å²) in [5.41, 5.74) is 6.06. The topological polar surface area (TPSA) is 26.0 Å². The second kappa shape index (κ2) is 3.64. The predicted octanol–water partition coefficient (Wildman–Crippen LogP) is 2.72. The summed E-state index contributed by atoms with van der Waals surface area (Å²) in [7, 11) is 0. The first kappa shape index (κ1) is 10.5. The Labute approximate surface area is 82.7 Å². The third-order valence-corrected chi connectivity index (χ3v) is 2.58. The van der Waals surface area contributed by atoms with Crippen LogP contribution in [0, 0.1) is 5.82 Å². The maximum Gasteiger partial charge on any atom is 0.142 e. The molecule has 1 nitrogen and oxygen atoms in total. The first-order chi connectivity index (χ1) is 5.99. The molecule has 13 heavy (non-hydrogen) atoms. The van der Waals surface area contributed by atoms with Gasteiger partial charge in [-0.25, -0.2) is 4.39 Å². The van der Waals surface area contributed by atoms with Crippen molar-refractivity contribution < 1.29 is 4.39 Å². The molecule has 1 rings (SSSR count). The van der Waals surface area contributed by atoms with Crippen molar-refractivity contribution in [1.82, 2.24) is 0 Å². The van der Waals surface area contributed by atoms with Crippen molar-refractivity contribution in [1.29, 1.82) is 0 Å². The highest BCUT2D eigenvalue weighted by atomic mass is 35.5. The molecule has 0 aliphatic heterocycles. The first-order valence-corrected chi connectivity index (χ1v) is 4.51. The van der Waals surface area contributed by atoms with E-state index in [0.717, 1.165) is 5.56 Å². The fraction of sp³-hybridized carbons (Fsp3) is 0.400. The van der Waals surface area contributed by atoms with Gasteiger partial charge in [0.15, 0.2) is 0 Å². The molecule has 0 atom stereocenters. The molecule has 0 saturated heterocycles. The summed E-state index contributed by atoms with van der Waals surface area (Å²) in [5.74, 6) is -0.388. The molecule has 0 unspecified atom stereocenters. The number of hydrogen-bond acceptors (Lipinski definition) is 1. The lowest BCUT2D eigenvalue weighted by Gasteiger charge is -2.24. The van der Waals surface area contributed by atoms with Crippen LogP contribution in [-0.4, -0.2) is 6.54 Å². The Balaban J connectivity index is 3.22. The van der Waals surface area contributed by atoms with Crippen LogP contribution in [0.5, 0.6) is 0 Å². The quantitative estimate of drug-likeness (QED) is 0.783. The van der Waals surface area contributed by atoms with E-state index in [4.69, 9.17) is 17.3 Å². The van der Waals surface area contributed by atoms with Crippen molar-refractivity contribution in [3.05, 3.63) is 34.6 Å². The molecule has 0 fully saturated rings. The molecule has 0 aliphatic carbocycles. The van der Waals surface area contributed by atoms with Crippen molar-refractivity contribution in [3.63, 3.8) is 0 Å². The van der Waals surface area contributed by atoms with Crippen LogP contribution in [0.15, 0.2) is 18.2 Å². The second-order valence-electron chi connectivity index (χ2n) is 3.69. The monoisotopic (exact) mass is 201 g/mol. The van der Waals surface area contributed by atoms with Gasteiger partial charge < -0.3 is 5.73 Å². The molecule has 1 aromatic rings. The molecule has 72 valence electrons. The van der Waals surface area contributed by atoms with Gasteiger partial charge in [0.05, 0.1) is 5.02 Å². The van der Waals surface area contributed by atoms with E-state index < -0.39 is 0 Å². The van der Waals surface area contributed by atoms with E-state index in [2.05, 4.69) is 0 Å². The number of benzene rings is 1. The highest BCUT2D eigenvalue weighted by Gasteiger charge is 2.22. The summed E-state index contributed by atoms with van der Waals surface area (Å²) in [6.45, 7) is 4.32. The molecule has 0 aromatic heterocycles. The van der Waals surface area contributed by atoms with E-state index in [1.54, 1.807) is 12.1 Å². The highest BCUT2D eigenvalue weighted by molar-refractivity contribution is 6.31. The molecular weight excluding hydrogens is 189 g/mol. The Morgan fingerprint density at radius 3 is 2.62 bits per heavy atom. The number of hydrogen-bond donors (Lipinski definition) is 1. The molecule has 0 bridgehead atoms. The van der Waals surface area contributed by atoms with E-state index in [1.165, 1.54) is 6.07 Å². The minimum atomic E-state index is -0.388. The van der Waals surface area contributed by atoms with Gasteiger partial charge in [0.1, 0.15) is 5.82 Å². The molecule has 0 radical (unpaired) electrons. The molecule has 1 aromatic carbocycles. The first-order valence-electron chi connectivity index (χ1n) is 4.13. The van der Waals surface area contributed by atoms with E-state index in [1.807, 2.05) is 13.8 Å². The SMILES string of the molecule is CC(C)(CN)c1cccc(F)c1Cl. The van der Waals surface area contributed by atoms with E-state index in [9.17, 15) is 4.39 Å². The summed E-state index contributed by atoms with van der Waals surface area (Å²) in [6.07, 6.45) is 0. The van der Waals surface area contributed by atoms with E-state index in [0.29, 0.717) is 6.54 Å². The van der Waals surface area contributed by atoms with Gasteiger partial charge in [-0.05, 0) is 11.6 Å². The zero-order chi connectivity index (χ0) is 10.1. The molecular formula is C10H13ClFN. The van der Waals surface area contributed by atoms with Gasteiger partial charge in [0, 0.05) is 12.0 Å². The Morgan fingerprint density at radius 2 is 2.08 bits per heavy atom. The molecule has 0 saturated carbocycles. The predicted molar refractivity (Wildman–Crippen MR) is 53.5 cm³/mol. The zero-order valence-corrected chi connectivity index (χ0v) is 8.53. The Morgan fingerprint density at radius 1 is 1.46 bits per heavy atom. The Hall–Kier alpha value is -0.600. The van der Waals surface area contributed by atoms with Crippen LogP contribution in [0.2, 0.25) is 5.02 Å². The molecule has 0 aliphatic rings. The highest BCUT2D eigenvalue weighted by Crippen LogP contribution is 2.30. The van der Waals surface area contributed by atoms with Crippen LogP contribution in [0.25, 0.3) is 0 Å². The lowest BCUT2D eigenvalue weighted by atomic mass is 9.85. The van der Waals surface area contributed by atoms with Crippen LogP contribution >= 0.6 is 11.6 Å². The maximum atomic E-state index is 13.1. The van der Waals surface area contributed by atoms with Crippen LogP contribution in [-0.2, 0) is 5.41 Å². The second-order valence-corrected chi connectivity index (χ2v) is 4.07. The van der Waals surface area contributed by atoms with E-state index in [-0.39, 0.29) is 16.3 Å². The van der Waals surface area contributed by atoms with Gasteiger partial charge in [-0.2, -0.15) is 0 Å². The summed E-state index contributed by atoms with van der Waals surface area (Å²) in [5, 5.41) is 0.179. The lowest BCUT2D eigenvalue weighted by Crippen LogP contribution is -2.28. The zero-order valence-electron chi connectivity index (χ0n) is 7.77. The van der Waals surface area contributed by atoms with Gasteiger partial charge in [0.2, 0.25) is 0 Å². The lowest BCUT2D eigenvalue weighted by molar-refractivity contribution is 0.531. The largest absolute Gasteiger partial charge is 0.330 e. The maximum absolute atomic E-state index is 13.1. The molecule has 2 N–H and O–H groups in total. The number of rotatable bonds is 2. The van der Waals surface area contributed by atoms with E-state index >= 15 is 0 Å². The fourth-order valence-electron chi connectivity index (χ4n) is 1.14. The van der Waals surface area contributed by atoms with Crippen molar-refractivity contribution in [2.75, 3.05) is 6.54 Å². The minimum Gasteiger partial charge on any atom is -0.330 e. The standard InChI is InChI=1S/C10H13ClFN/c1-10(2,6-13)7-4-3-5-8(12)9(7)11/h3-5H,6,13H2,1-2H3. The fourth-order valence-corrected chi connectivity index (χ4v) is 1.52. The Bertz CT molecular complexity index is 310. The summed E-state index contributed by atoms with van der Waals surface area (Å²) < 4.78 is 13.1. The average Bonchev–Trinajstić information content (AvgIpc) is 2.09. The van der Waals surface area contributed by atoms with Crippen LogP contribution in [0.3, 0.4) is 0 Å². The van der Waals surface area contributed by atoms with Crippen molar-refractivity contribution in [2.24, 2.45) is 5.73 Å². The molecule has 3 heteroatoms. The number of halogens is 2. The van der Waals surface area contributed by atoms with Gasteiger partial charge >= 0.3 is 0 Å². The molecule has 0 heterocycles. The van der Waals surface area contributed by atoms with Crippen molar-refractivity contribution in [2.45, 2.75) is 19.3 Å². The Kier molecular flexibility index (Phi) is 2.94. The third kappa shape index (κ3) is 2.01. The third-order valence-electron chi connectivity index (χ3n) is 2.19. The van der Waals surface area contributed by atoms with Crippen LogP contribution in [0.4, 0.5) is 4.39 Å². The minimum absolute atomic E-state index is 0.179. The van der Waals surface area contributed by atoms with Crippen LogP contribution in [0.1, 0.15) is 19.4 Å². The van der Waals surface area contributed by atoms with Gasteiger partial charge in [0.25, 0.3) is 0 Å².